The second-order valence-corrected chi connectivity index (χ2v) is 7.29. The molecule has 1 atom stereocenters. The minimum Gasteiger partial charge on any atom is -0.481 e. The third-order valence-corrected chi connectivity index (χ3v) is 5.16. The maximum Gasteiger partial charge on any atom is 0.338 e. The number of hydrogen-bond donors (Lipinski definition) is 0. The molecule has 0 fully saturated rings. The predicted molar refractivity (Wildman–Crippen MR) is 107 cm³/mol. The fraction of sp³-hybridized carbons (Fsp3) is 0.263. The SMILES string of the molecule is C#CCOc1ccc(Br)cc1[C@@H]1C(C(=O)OCC)=C(C)N=C2SC=CN21. The molecule has 2 aliphatic rings. The number of thioether (sulfide) groups is 1. The van der Waals surface area contributed by atoms with Gasteiger partial charge in [0.05, 0.1) is 23.9 Å². The zero-order valence-electron chi connectivity index (χ0n) is 14.4. The van der Waals surface area contributed by atoms with Crippen molar-refractivity contribution in [2.45, 2.75) is 19.9 Å². The molecular formula is C19H17BrN2O3S. The molecule has 0 saturated carbocycles. The summed E-state index contributed by atoms with van der Waals surface area (Å²) in [7, 11) is 0. The lowest BCUT2D eigenvalue weighted by atomic mass is 9.94. The van der Waals surface area contributed by atoms with Crippen LogP contribution in [0.4, 0.5) is 0 Å². The van der Waals surface area contributed by atoms with E-state index in [9.17, 15) is 4.79 Å². The van der Waals surface area contributed by atoms with Crippen molar-refractivity contribution < 1.29 is 14.3 Å². The van der Waals surface area contributed by atoms with Crippen molar-refractivity contribution in [3.63, 3.8) is 0 Å². The lowest BCUT2D eigenvalue weighted by molar-refractivity contribution is -0.139. The molecule has 0 radical (unpaired) electrons. The molecule has 1 aromatic carbocycles. The van der Waals surface area contributed by atoms with Crippen molar-refractivity contribution >= 4 is 38.8 Å². The van der Waals surface area contributed by atoms with E-state index in [1.165, 1.54) is 11.8 Å². The third kappa shape index (κ3) is 3.53. The summed E-state index contributed by atoms with van der Waals surface area (Å²) in [6.07, 6.45) is 7.25. The molecule has 0 aromatic heterocycles. The van der Waals surface area contributed by atoms with Gasteiger partial charge in [0, 0.05) is 16.2 Å². The van der Waals surface area contributed by atoms with E-state index in [1.54, 1.807) is 6.92 Å². The maximum atomic E-state index is 12.7. The quantitative estimate of drug-likeness (QED) is 0.514. The zero-order chi connectivity index (χ0) is 18.7. The summed E-state index contributed by atoms with van der Waals surface area (Å²) < 4.78 is 11.9. The highest BCUT2D eigenvalue weighted by atomic mass is 79.9. The fourth-order valence-electron chi connectivity index (χ4n) is 2.86. The van der Waals surface area contributed by atoms with Crippen molar-refractivity contribution in [2.75, 3.05) is 13.2 Å². The Kier molecular flexibility index (Phi) is 5.74. The molecule has 0 unspecified atom stereocenters. The molecular weight excluding hydrogens is 416 g/mol. The Labute approximate surface area is 165 Å². The number of fused-ring (bicyclic) bond motifs is 1. The van der Waals surface area contributed by atoms with Crippen LogP contribution in [0.3, 0.4) is 0 Å². The van der Waals surface area contributed by atoms with Gasteiger partial charge in [-0.15, -0.1) is 6.42 Å². The number of nitrogens with zero attached hydrogens (tertiary/aromatic N) is 2. The first kappa shape index (κ1) is 18.6. The van der Waals surface area contributed by atoms with Crippen LogP contribution < -0.4 is 4.74 Å². The molecule has 0 N–H and O–H groups in total. The van der Waals surface area contributed by atoms with Gasteiger partial charge in [0.2, 0.25) is 0 Å². The van der Waals surface area contributed by atoms with Crippen LogP contribution in [0.15, 0.2) is 50.5 Å². The number of terminal acetylenes is 1. The van der Waals surface area contributed by atoms with Crippen molar-refractivity contribution in [3.8, 4) is 18.1 Å². The van der Waals surface area contributed by atoms with Crippen molar-refractivity contribution in [1.29, 1.82) is 0 Å². The number of esters is 1. The second kappa shape index (κ2) is 8.02. The summed E-state index contributed by atoms with van der Waals surface area (Å²) in [5, 5.41) is 2.75. The maximum absolute atomic E-state index is 12.7. The van der Waals surface area contributed by atoms with Gasteiger partial charge in [0.15, 0.2) is 5.17 Å². The predicted octanol–water partition coefficient (Wildman–Crippen LogP) is 4.23. The van der Waals surface area contributed by atoms with E-state index in [1.807, 2.05) is 41.6 Å². The Bertz CT molecular complexity index is 870. The zero-order valence-corrected chi connectivity index (χ0v) is 16.8. The number of hydrogen-bond acceptors (Lipinski definition) is 6. The molecule has 1 aromatic rings. The van der Waals surface area contributed by atoms with E-state index in [0.29, 0.717) is 23.6 Å². The van der Waals surface area contributed by atoms with E-state index in [4.69, 9.17) is 15.9 Å². The van der Waals surface area contributed by atoms with Crippen LogP contribution in [-0.4, -0.2) is 29.3 Å². The van der Waals surface area contributed by atoms with Gasteiger partial charge in [-0.1, -0.05) is 33.6 Å². The normalized spacial score (nSPS) is 18.3. The van der Waals surface area contributed by atoms with Crippen LogP contribution in [-0.2, 0) is 9.53 Å². The largest absolute Gasteiger partial charge is 0.481 e. The van der Waals surface area contributed by atoms with Gasteiger partial charge in [-0.25, -0.2) is 9.79 Å². The Balaban J connectivity index is 2.15. The summed E-state index contributed by atoms with van der Waals surface area (Å²) in [5.74, 6) is 2.72. The number of halogens is 1. The third-order valence-electron chi connectivity index (χ3n) is 3.89. The molecule has 134 valence electrons. The second-order valence-electron chi connectivity index (χ2n) is 5.50. The van der Waals surface area contributed by atoms with Gasteiger partial charge in [-0.2, -0.15) is 0 Å². The topological polar surface area (TPSA) is 51.1 Å². The van der Waals surface area contributed by atoms with E-state index in [-0.39, 0.29) is 12.6 Å². The van der Waals surface area contributed by atoms with Crippen LogP contribution >= 0.6 is 27.7 Å². The average molecular weight is 433 g/mol. The Morgan fingerprint density at radius 3 is 3.04 bits per heavy atom. The average Bonchev–Trinajstić information content (AvgIpc) is 3.07. The molecule has 26 heavy (non-hydrogen) atoms. The summed E-state index contributed by atoms with van der Waals surface area (Å²) in [4.78, 5) is 19.2. The first-order valence-corrected chi connectivity index (χ1v) is 9.68. The van der Waals surface area contributed by atoms with Gasteiger partial charge in [0.25, 0.3) is 0 Å². The summed E-state index contributed by atoms with van der Waals surface area (Å²) >= 11 is 5.01. The number of rotatable bonds is 5. The first-order valence-electron chi connectivity index (χ1n) is 8.00. The van der Waals surface area contributed by atoms with Gasteiger partial charge >= 0.3 is 5.97 Å². The van der Waals surface area contributed by atoms with Crippen LogP contribution in [0.5, 0.6) is 5.75 Å². The molecule has 2 heterocycles. The number of carbonyl (C=O) groups is 1. The molecule has 2 aliphatic heterocycles. The summed E-state index contributed by atoms with van der Waals surface area (Å²) in [6.45, 7) is 4.04. The Morgan fingerprint density at radius 2 is 2.31 bits per heavy atom. The lowest BCUT2D eigenvalue weighted by Crippen LogP contribution is -2.34. The van der Waals surface area contributed by atoms with E-state index < -0.39 is 6.04 Å². The van der Waals surface area contributed by atoms with Crippen molar-refractivity contribution in [1.82, 2.24) is 4.90 Å². The van der Waals surface area contributed by atoms with E-state index in [2.05, 4.69) is 26.8 Å². The Hall–Kier alpha value is -2.17. The van der Waals surface area contributed by atoms with Gasteiger partial charge in [0.1, 0.15) is 12.4 Å². The van der Waals surface area contributed by atoms with Gasteiger partial charge in [-0.3, -0.25) is 0 Å². The smallest absolute Gasteiger partial charge is 0.338 e. The molecule has 0 bridgehead atoms. The molecule has 7 heteroatoms. The highest BCUT2D eigenvalue weighted by Gasteiger charge is 2.39. The number of ether oxygens (including phenoxy) is 2. The van der Waals surface area contributed by atoms with Gasteiger partial charge < -0.3 is 14.4 Å². The standard InChI is InChI=1S/C19H17BrN2O3S/c1-4-9-25-15-7-6-13(20)11-14(15)17-16(18(23)24-5-2)12(3)21-19-22(17)8-10-26-19/h1,6-8,10-11,17H,5,9H2,2-3H3/t17-/m1/s1. The lowest BCUT2D eigenvalue weighted by Gasteiger charge is -2.34. The van der Waals surface area contributed by atoms with E-state index in [0.717, 1.165) is 15.2 Å². The molecule has 0 saturated heterocycles. The number of amidine groups is 1. The Morgan fingerprint density at radius 1 is 1.50 bits per heavy atom. The van der Waals surface area contributed by atoms with Crippen LogP contribution in [0.1, 0.15) is 25.5 Å². The number of benzene rings is 1. The fourth-order valence-corrected chi connectivity index (χ4v) is 4.03. The minimum absolute atomic E-state index is 0.143. The number of allylic oxidation sites excluding steroid dienone is 1. The summed E-state index contributed by atoms with van der Waals surface area (Å²) in [5.41, 5.74) is 1.95. The molecule has 0 aliphatic carbocycles. The number of aliphatic imine (C=N–C) groups is 1. The molecule has 3 rings (SSSR count). The molecule has 5 nitrogen and oxygen atoms in total. The van der Waals surface area contributed by atoms with Crippen LogP contribution in [0.25, 0.3) is 0 Å². The molecule has 0 amide bonds. The summed E-state index contributed by atoms with van der Waals surface area (Å²) in [6, 6.07) is 5.25. The minimum atomic E-state index is -0.405. The van der Waals surface area contributed by atoms with Crippen LogP contribution in [0.2, 0.25) is 0 Å². The van der Waals surface area contributed by atoms with Crippen molar-refractivity contribution in [2.24, 2.45) is 4.99 Å². The molecule has 0 spiro atoms. The first-order chi connectivity index (χ1) is 12.6. The highest BCUT2D eigenvalue weighted by Crippen LogP contribution is 2.44. The number of carbonyl (C=O) groups excluding carboxylic acids is 1. The highest BCUT2D eigenvalue weighted by molar-refractivity contribution is 9.10. The monoisotopic (exact) mass is 432 g/mol. The van der Waals surface area contributed by atoms with Crippen LogP contribution in [0, 0.1) is 12.3 Å². The van der Waals surface area contributed by atoms with Gasteiger partial charge in [-0.05, 0) is 37.5 Å². The van der Waals surface area contributed by atoms with Crippen molar-refractivity contribution in [3.05, 3.63) is 51.1 Å². The van der Waals surface area contributed by atoms with E-state index >= 15 is 0 Å².